The average Bonchev–Trinajstić information content (AvgIpc) is 2.36. The van der Waals surface area contributed by atoms with Gasteiger partial charge in [-0.2, -0.15) is 26.3 Å². The van der Waals surface area contributed by atoms with Crippen LogP contribution in [0.2, 0.25) is 0 Å². The van der Waals surface area contributed by atoms with E-state index in [0.717, 1.165) is 19.3 Å². The third kappa shape index (κ3) is 5.71. The van der Waals surface area contributed by atoms with E-state index >= 15 is 0 Å². The number of alkyl halides is 6. The molecule has 0 aromatic heterocycles. The highest BCUT2D eigenvalue weighted by atomic mass is 19.4. The van der Waals surface area contributed by atoms with Gasteiger partial charge in [0.15, 0.2) is 6.10 Å². The van der Waals surface area contributed by atoms with Gasteiger partial charge in [0.05, 0.1) is 6.04 Å². The molecule has 8 heteroatoms. The molecule has 1 aliphatic carbocycles. The zero-order valence-electron chi connectivity index (χ0n) is 11.5. The summed E-state index contributed by atoms with van der Waals surface area (Å²) >= 11 is 0. The third-order valence-electron chi connectivity index (χ3n) is 3.14. The smallest absolute Gasteiger partial charge is 0.364 e. The van der Waals surface area contributed by atoms with Gasteiger partial charge in [0.2, 0.25) is 0 Å². The Labute approximate surface area is 118 Å². The molecule has 0 aromatic rings. The molecule has 0 radical (unpaired) electrons. The molecule has 1 fully saturated rings. The number of aliphatic imine (C=N–C) groups is 1. The summed E-state index contributed by atoms with van der Waals surface area (Å²) in [5, 5.41) is 0. The van der Waals surface area contributed by atoms with E-state index in [1.165, 1.54) is 6.92 Å². The standard InChI is InChI=1S/C13H17F6NO/c1-2-21-11(13(17,18)19)10(12(14,15)16)8-20-9-6-4-3-5-7-9/h9,11H,2-7H2,1H3. The summed E-state index contributed by atoms with van der Waals surface area (Å²) in [6.07, 6.45) is -9.66. The molecule has 0 aliphatic heterocycles. The van der Waals surface area contributed by atoms with Crippen LogP contribution in [-0.2, 0) is 4.74 Å². The monoisotopic (exact) mass is 317 g/mol. The topological polar surface area (TPSA) is 21.6 Å². The van der Waals surface area contributed by atoms with E-state index in [0.29, 0.717) is 12.8 Å². The van der Waals surface area contributed by atoms with E-state index in [1.807, 2.05) is 0 Å². The summed E-state index contributed by atoms with van der Waals surface area (Å²) in [5.74, 6) is 1.59. The van der Waals surface area contributed by atoms with Gasteiger partial charge in [0.1, 0.15) is 5.57 Å². The second kappa shape index (κ2) is 7.31. The predicted octanol–water partition coefficient (Wildman–Crippen LogP) is 4.44. The van der Waals surface area contributed by atoms with Crippen molar-refractivity contribution in [2.45, 2.75) is 63.5 Å². The van der Waals surface area contributed by atoms with E-state index < -0.39 is 36.7 Å². The molecule has 0 heterocycles. The lowest BCUT2D eigenvalue weighted by molar-refractivity contribution is -0.223. The van der Waals surface area contributed by atoms with Gasteiger partial charge in [-0.3, -0.25) is 0 Å². The fourth-order valence-corrected chi connectivity index (χ4v) is 2.15. The second-order valence-electron chi connectivity index (χ2n) is 4.82. The van der Waals surface area contributed by atoms with E-state index in [9.17, 15) is 26.3 Å². The van der Waals surface area contributed by atoms with Crippen LogP contribution < -0.4 is 0 Å². The van der Waals surface area contributed by atoms with Crippen molar-refractivity contribution >= 4 is 5.87 Å². The van der Waals surface area contributed by atoms with Crippen LogP contribution in [0.4, 0.5) is 26.3 Å². The Morgan fingerprint density at radius 1 is 1.14 bits per heavy atom. The fourth-order valence-electron chi connectivity index (χ4n) is 2.15. The zero-order chi connectivity index (χ0) is 16.1. The molecule has 1 saturated carbocycles. The number of rotatable bonds is 4. The Morgan fingerprint density at radius 2 is 1.71 bits per heavy atom. The minimum absolute atomic E-state index is 0.397. The fraction of sp³-hybridized carbons (Fsp3) is 0.846. The van der Waals surface area contributed by atoms with Crippen molar-refractivity contribution < 1.29 is 31.1 Å². The van der Waals surface area contributed by atoms with Crippen LogP contribution >= 0.6 is 0 Å². The predicted molar refractivity (Wildman–Crippen MR) is 65.3 cm³/mol. The van der Waals surface area contributed by atoms with Gasteiger partial charge < -0.3 is 4.74 Å². The molecule has 21 heavy (non-hydrogen) atoms. The molecule has 1 atom stereocenters. The first-order valence-corrected chi connectivity index (χ1v) is 6.74. The normalized spacial score (nSPS) is 19.0. The lowest BCUT2D eigenvalue weighted by Gasteiger charge is -2.23. The van der Waals surface area contributed by atoms with Crippen LogP contribution in [-0.4, -0.2) is 37.0 Å². The molecular formula is C13H17F6NO. The van der Waals surface area contributed by atoms with Crippen molar-refractivity contribution in [3.8, 4) is 0 Å². The van der Waals surface area contributed by atoms with E-state index in [2.05, 4.69) is 9.73 Å². The number of ether oxygens (including phenoxy) is 1. The number of hydrogen-bond acceptors (Lipinski definition) is 2. The van der Waals surface area contributed by atoms with Crippen molar-refractivity contribution in [3.63, 3.8) is 0 Å². The Kier molecular flexibility index (Phi) is 6.28. The van der Waals surface area contributed by atoms with Crippen LogP contribution in [0.1, 0.15) is 39.0 Å². The molecule has 2 nitrogen and oxygen atoms in total. The van der Waals surface area contributed by atoms with Gasteiger partial charge in [-0.1, -0.05) is 19.3 Å². The number of nitrogens with zero attached hydrogens (tertiary/aromatic N) is 1. The van der Waals surface area contributed by atoms with Crippen molar-refractivity contribution in [1.82, 2.24) is 0 Å². The summed E-state index contributed by atoms with van der Waals surface area (Å²) < 4.78 is 80.9. The molecular weight excluding hydrogens is 300 g/mol. The van der Waals surface area contributed by atoms with Gasteiger partial charge in [-0.05, 0) is 25.6 Å². The summed E-state index contributed by atoms with van der Waals surface area (Å²) in [7, 11) is 0. The number of halogens is 6. The van der Waals surface area contributed by atoms with Crippen LogP contribution in [0.15, 0.2) is 10.6 Å². The first kappa shape index (κ1) is 18.0. The van der Waals surface area contributed by atoms with Gasteiger partial charge in [0, 0.05) is 6.61 Å². The third-order valence-corrected chi connectivity index (χ3v) is 3.14. The molecule has 122 valence electrons. The maximum atomic E-state index is 12.8. The van der Waals surface area contributed by atoms with Crippen LogP contribution in [0, 0.1) is 0 Å². The SMILES string of the molecule is CCOC(C(=C=NC1CCCCC1)C(F)(F)F)C(F)(F)F. The Hall–Kier alpha value is -1.01. The molecule has 1 unspecified atom stereocenters. The molecule has 0 spiro atoms. The highest BCUT2D eigenvalue weighted by Crippen LogP contribution is 2.36. The van der Waals surface area contributed by atoms with Crippen LogP contribution in [0.3, 0.4) is 0 Å². The Balaban J connectivity index is 3.11. The highest BCUT2D eigenvalue weighted by Gasteiger charge is 2.52. The van der Waals surface area contributed by atoms with Gasteiger partial charge in [-0.15, -0.1) is 0 Å². The molecule has 0 bridgehead atoms. The maximum absolute atomic E-state index is 12.8. The van der Waals surface area contributed by atoms with Gasteiger partial charge in [0.25, 0.3) is 0 Å². The molecule has 1 rings (SSSR count). The second-order valence-corrected chi connectivity index (χ2v) is 4.82. The molecule has 0 N–H and O–H groups in total. The quantitative estimate of drug-likeness (QED) is 0.555. The Bertz CT molecular complexity index is 388. The van der Waals surface area contributed by atoms with Crippen molar-refractivity contribution in [2.75, 3.05) is 6.61 Å². The van der Waals surface area contributed by atoms with E-state index in [4.69, 9.17) is 0 Å². The van der Waals surface area contributed by atoms with Crippen LogP contribution in [0.5, 0.6) is 0 Å². The molecule has 0 aromatic carbocycles. The van der Waals surface area contributed by atoms with Gasteiger partial charge in [-0.25, -0.2) is 4.99 Å². The summed E-state index contributed by atoms with van der Waals surface area (Å²) in [4.78, 5) is 3.58. The lowest BCUT2D eigenvalue weighted by Crippen LogP contribution is -2.39. The van der Waals surface area contributed by atoms with Gasteiger partial charge >= 0.3 is 12.4 Å². The van der Waals surface area contributed by atoms with Crippen molar-refractivity contribution in [3.05, 3.63) is 5.57 Å². The summed E-state index contributed by atoms with van der Waals surface area (Å²) in [6, 6.07) is -0.397. The minimum Gasteiger partial charge on any atom is -0.364 e. The average molecular weight is 317 g/mol. The molecule has 0 saturated heterocycles. The summed E-state index contributed by atoms with van der Waals surface area (Å²) in [5.41, 5.74) is -1.91. The first-order valence-electron chi connectivity index (χ1n) is 6.74. The largest absolute Gasteiger partial charge is 0.424 e. The van der Waals surface area contributed by atoms with Crippen molar-refractivity contribution in [2.24, 2.45) is 4.99 Å². The van der Waals surface area contributed by atoms with Crippen LogP contribution in [0.25, 0.3) is 0 Å². The van der Waals surface area contributed by atoms with E-state index in [1.54, 1.807) is 5.87 Å². The summed E-state index contributed by atoms with van der Waals surface area (Å²) in [6.45, 7) is 0.708. The highest BCUT2D eigenvalue weighted by molar-refractivity contribution is 5.61. The minimum atomic E-state index is -5.19. The number of hydrogen-bond donors (Lipinski definition) is 0. The molecule has 0 amide bonds. The molecule has 1 aliphatic rings. The zero-order valence-corrected chi connectivity index (χ0v) is 11.5. The van der Waals surface area contributed by atoms with E-state index in [-0.39, 0.29) is 0 Å². The lowest BCUT2D eigenvalue weighted by atomic mass is 9.96. The van der Waals surface area contributed by atoms with Crippen molar-refractivity contribution in [1.29, 1.82) is 0 Å². The first-order chi connectivity index (χ1) is 9.66. The maximum Gasteiger partial charge on any atom is 0.424 e. The Morgan fingerprint density at radius 3 is 2.14 bits per heavy atom.